The van der Waals surface area contributed by atoms with Crippen molar-refractivity contribution in [1.29, 1.82) is 0 Å². The Kier molecular flexibility index (Phi) is 12.3. The van der Waals surface area contributed by atoms with E-state index in [1.807, 2.05) is 97.1 Å². The maximum absolute atomic E-state index is 12.4. The molecule has 4 N–H and O–H groups in total. The second kappa shape index (κ2) is 19.1. The molecule has 8 aromatic carbocycles. The van der Waals surface area contributed by atoms with Crippen LogP contribution in [-0.4, -0.2) is 107 Å². The summed E-state index contributed by atoms with van der Waals surface area (Å²) in [6.07, 6.45) is 7.20. The van der Waals surface area contributed by atoms with E-state index < -0.39 is 0 Å². The first-order valence-corrected chi connectivity index (χ1v) is 24.0. The first-order valence-electron chi connectivity index (χ1n) is 24.0. The van der Waals surface area contributed by atoms with Crippen LogP contribution < -0.4 is 0 Å². The smallest absolute Gasteiger partial charge is 0.132 e. The molecule has 0 unspecified atom stereocenters. The molecular formula is C58H56N4O6. The number of morpholine rings is 2. The van der Waals surface area contributed by atoms with Gasteiger partial charge in [0.1, 0.15) is 23.0 Å². The maximum Gasteiger partial charge on any atom is 0.132 e. The Morgan fingerprint density at radius 2 is 0.765 bits per heavy atom. The lowest BCUT2D eigenvalue weighted by Gasteiger charge is -2.27. The topological polar surface area (TPSA) is 131 Å². The van der Waals surface area contributed by atoms with Crippen molar-refractivity contribution in [2.75, 3.05) is 52.6 Å². The van der Waals surface area contributed by atoms with Crippen molar-refractivity contribution < 1.29 is 29.9 Å². The van der Waals surface area contributed by atoms with Crippen molar-refractivity contribution in [2.24, 2.45) is 9.98 Å². The van der Waals surface area contributed by atoms with Crippen molar-refractivity contribution in [3.8, 4) is 45.3 Å². The third-order valence-electron chi connectivity index (χ3n) is 14.3. The quantitative estimate of drug-likeness (QED) is 0.0998. The standard InChI is InChI=1S/C58H56N4O6/c63-55-41(29-37-11-1-5-15-45(37)51(55)53-47-17-7-3-13-39(47)31-43(57(53)65)35-61-21-25-67-26-22-61)33-59-49-19-9-10-20-50(49)60-34-42-30-38-12-2-6-16-46(38)52(56(42)64)54-48-18-8-4-14-40(48)32-44(58(54)66)36-62-23-27-68-28-24-62/h1-8,11-18,29-34,49-50,63-66H,9-10,19-28,35-36H2/t49-,50-/m1/s1. The molecule has 2 saturated heterocycles. The van der Waals surface area contributed by atoms with Crippen molar-refractivity contribution >= 4 is 55.5 Å². The Morgan fingerprint density at radius 3 is 1.13 bits per heavy atom. The SMILES string of the molecule is Oc1c(C=N[C@@H]2CCCC[C@H]2N=Cc2cc3ccccc3c(-c3c(O)c(CN4CCOCC4)cc4ccccc34)c2O)cc2ccccc2c1-c1c(O)c(CN2CCOCC2)cc2ccccc12. The Hall–Kier alpha value is -6.82. The molecule has 344 valence electrons. The number of hydrogen-bond donors (Lipinski definition) is 4. The highest BCUT2D eigenvalue weighted by molar-refractivity contribution is 6.14. The van der Waals surface area contributed by atoms with Gasteiger partial charge in [0.2, 0.25) is 0 Å². The molecule has 1 aliphatic carbocycles. The molecule has 0 aromatic heterocycles. The first-order chi connectivity index (χ1) is 33.4. The van der Waals surface area contributed by atoms with Gasteiger partial charge in [-0.3, -0.25) is 19.8 Å². The van der Waals surface area contributed by atoms with Gasteiger partial charge in [0.05, 0.1) is 38.5 Å². The van der Waals surface area contributed by atoms with E-state index in [2.05, 4.69) is 34.1 Å². The van der Waals surface area contributed by atoms with E-state index in [1.165, 1.54) is 0 Å². The zero-order valence-electron chi connectivity index (χ0n) is 38.2. The molecule has 3 aliphatic rings. The zero-order chi connectivity index (χ0) is 46.1. The molecule has 10 nitrogen and oxygen atoms in total. The summed E-state index contributed by atoms with van der Waals surface area (Å²) in [6.45, 7) is 6.88. The fourth-order valence-electron chi connectivity index (χ4n) is 10.7. The number of phenolic OH excluding ortho intramolecular Hbond substituents is 4. The van der Waals surface area contributed by atoms with Crippen LogP contribution >= 0.6 is 0 Å². The Labute approximate surface area is 396 Å². The molecule has 10 heteroatoms. The normalized spacial score (nSPS) is 18.8. The van der Waals surface area contributed by atoms with Gasteiger partial charge in [0.15, 0.2) is 0 Å². The van der Waals surface area contributed by atoms with Crippen LogP contribution in [0.1, 0.15) is 47.9 Å². The molecule has 1 saturated carbocycles. The van der Waals surface area contributed by atoms with Gasteiger partial charge in [-0.25, -0.2) is 0 Å². The fraction of sp³-hybridized carbons (Fsp3) is 0.276. The molecule has 0 spiro atoms. The van der Waals surface area contributed by atoms with Gasteiger partial charge < -0.3 is 29.9 Å². The maximum atomic E-state index is 12.4. The monoisotopic (exact) mass is 904 g/mol. The number of benzene rings is 8. The van der Waals surface area contributed by atoms with Crippen LogP contribution in [0, 0.1) is 0 Å². The predicted molar refractivity (Wildman–Crippen MR) is 274 cm³/mol. The largest absolute Gasteiger partial charge is 0.507 e. The van der Waals surface area contributed by atoms with Crippen LogP contribution in [0.4, 0.5) is 0 Å². The van der Waals surface area contributed by atoms with Gasteiger partial charge in [-0.15, -0.1) is 0 Å². The Bertz CT molecular complexity index is 3030. The van der Waals surface area contributed by atoms with E-state index in [1.54, 1.807) is 12.4 Å². The Balaban J connectivity index is 0.962. The molecule has 0 amide bonds. The summed E-state index contributed by atoms with van der Waals surface area (Å²) in [5.41, 5.74) is 5.10. The van der Waals surface area contributed by atoms with Gasteiger partial charge in [0, 0.05) is 96.2 Å². The summed E-state index contributed by atoms with van der Waals surface area (Å²) in [7, 11) is 0. The lowest BCUT2D eigenvalue weighted by Crippen LogP contribution is -2.35. The van der Waals surface area contributed by atoms with Crippen molar-refractivity contribution in [1.82, 2.24) is 9.80 Å². The minimum atomic E-state index is -0.174. The van der Waals surface area contributed by atoms with Crippen LogP contribution in [0.2, 0.25) is 0 Å². The summed E-state index contributed by atoms with van der Waals surface area (Å²) in [5, 5.41) is 56.4. The molecule has 8 aromatic rings. The van der Waals surface area contributed by atoms with E-state index >= 15 is 0 Å². The molecule has 0 bridgehead atoms. The second-order valence-corrected chi connectivity index (χ2v) is 18.5. The molecule has 68 heavy (non-hydrogen) atoms. The molecule has 3 fully saturated rings. The lowest BCUT2D eigenvalue weighted by molar-refractivity contribution is 0.0338. The van der Waals surface area contributed by atoms with E-state index in [0.29, 0.717) is 72.9 Å². The summed E-state index contributed by atoms with van der Waals surface area (Å²) in [6, 6.07) is 39.8. The highest BCUT2D eigenvalue weighted by Crippen LogP contribution is 2.49. The summed E-state index contributed by atoms with van der Waals surface area (Å²) >= 11 is 0. The predicted octanol–water partition coefficient (Wildman–Crippen LogP) is 11.0. The van der Waals surface area contributed by atoms with Gasteiger partial charge in [0.25, 0.3) is 0 Å². The third kappa shape index (κ3) is 8.43. The van der Waals surface area contributed by atoms with Crippen LogP contribution in [0.3, 0.4) is 0 Å². The number of aromatic hydroxyl groups is 4. The second-order valence-electron chi connectivity index (χ2n) is 18.5. The number of ether oxygens (including phenoxy) is 2. The number of hydrogen-bond acceptors (Lipinski definition) is 10. The highest BCUT2D eigenvalue weighted by atomic mass is 16.5. The van der Waals surface area contributed by atoms with E-state index in [9.17, 15) is 20.4 Å². The van der Waals surface area contributed by atoms with Gasteiger partial charge in [-0.1, -0.05) is 110 Å². The molecule has 2 heterocycles. The minimum Gasteiger partial charge on any atom is -0.507 e. The zero-order valence-corrected chi connectivity index (χ0v) is 38.2. The van der Waals surface area contributed by atoms with Crippen LogP contribution in [0.25, 0.3) is 65.3 Å². The van der Waals surface area contributed by atoms with Crippen molar-refractivity contribution in [2.45, 2.75) is 50.9 Å². The van der Waals surface area contributed by atoms with Crippen LogP contribution in [0.15, 0.2) is 131 Å². The summed E-state index contributed by atoms with van der Waals surface area (Å²) in [4.78, 5) is 15.0. The number of nitrogens with zero attached hydrogens (tertiary/aromatic N) is 4. The van der Waals surface area contributed by atoms with E-state index in [-0.39, 0.29) is 35.1 Å². The number of aliphatic imine (C=N–C) groups is 2. The molecule has 2 aliphatic heterocycles. The van der Waals surface area contributed by atoms with E-state index in [0.717, 1.165) is 106 Å². The van der Waals surface area contributed by atoms with Gasteiger partial charge >= 0.3 is 0 Å². The molecule has 2 atom stereocenters. The lowest BCUT2D eigenvalue weighted by atomic mass is 9.88. The molecule has 0 radical (unpaired) electrons. The fourth-order valence-corrected chi connectivity index (χ4v) is 10.7. The number of phenols is 4. The van der Waals surface area contributed by atoms with Crippen LogP contribution in [-0.2, 0) is 22.6 Å². The number of rotatable bonds is 10. The third-order valence-corrected chi connectivity index (χ3v) is 14.3. The minimum absolute atomic E-state index is 0.0608. The average Bonchev–Trinajstić information content (AvgIpc) is 3.37. The molecule has 11 rings (SSSR count). The molecular weight excluding hydrogens is 849 g/mol. The summed E-state index contributed by atoms with van der Waals surface area (Å²) < 4.78 is 11.2. The first kappa shape index (κ1) is 43.7. The highest BCUT2D eigenvalue weighted by Gasteiger charge is 2.27. The van der Waals surface area contributed by atoms with E-state index in [4.69, 9.17) is 19.5 Å². The van der Waals surface area contributed by atoms with Crippen molar-refractivity contribution in [3.05, 3.63) is 144 Å². The number of fused-ring (bicyclic) bond motifs is 4. The van der Waals surface area contributed by atoms with Crippen molar-refractivity contribution in [3.63, 3.8) is 0 Å². The average molecular weight is 905 g/mol. The van der Waals surface area contributed by atoms with Crippen LogP contribution in [0.5, 0.6) is 23.0 Å². The Morgan fingerprint density at radius 1 is 0.441 bits per heavy atom. The van der Waals surface area contributed by atoms with Gasteiger partial charge in [-0.2, -0.15) is 0 Å². The van der Waals surface area contributed by atoms with Gasteiger partial charge in [-0.05, 0) is 80.2 Å². The summed E-state index contributed by atoms with van der Waals surface area (Å²) in [5.74, 6) is 0.447.